The smallest absolute Gasteiger partial charge is 0.243 e. The summed E-state index contributed by atoms with van der Waals surface area (Å²) < 4.78 is 31.6. The van der Waals surface area contributed by atoms with E-state index in [1.54, 1.807) is 20.2 Å². The molecule has 0 saturated heterocycles. The van der Waals surface area contributed by atoms with Crippen LogP contribution in [0, 0.1) is 0 Å². The van der Waals surface area contributed by atoms with Gasteiger partial charge in [0, 0.05) is 26.4 Å². The number of anilines is 1. The van der Waals surface area contributed by atoms with Gasteiger partial charge in [0.25, 0.3) is 0 Å². The van der Waals surface area contributed by atoms with Crippen LogP contribution in [0.3, 0.4) is 0 Å². The average Bonchev–Trinajstić information content (AvgIpc) is 2.43. The molecule has 1 aromatic rings. The molecule has 2 N–H and O–H groups in total. The number of benzene rings is 1. The van der Waals surface area contributed by atoms with Crippen LogP contribution in [-0.4, -0.2) is 40.0 Å². The zero-order chi connectivity index (χ0) is 15.3. The number of nitrogens with zero attached hydrogens (tertiary/aromatic N) is 1. The Balaban J connectivity index is 3.32. The molecule has 6 heteroatoms. The third-order valence-electron chi connectivity index (χ3n) is 3.36. The Morgan fingerprint density at radius 3 is 2.40 bits per heavy atom. The van der Waals surface area contributed by atoms with Gasteiger partial charge < -0.3 is 10.5 Å². The second-order valence-electron chi connectivity index (χ2n) is 4.69. The molecule has 0 aliphatic rings. The van der Waals surface area contributed by atoms with E-state index in [9.17, 15) is 8.42 Å². The van der Waals surface area contributed by atoms with Crippen LogP contribution < -0.4 is 5.73 Å². The van der Waals surface area contributed by atoms with Gasteiger partial charge in [-0.25, -0.2) is 8.42 Å². The number of rotatable bonds is 7. The van der Waals surface area contributed by atoms with Crippen LogP contribution in [0.2, 0.25) is 0 Å². The zero-order valence-electron chi connectivity index (χ0n) is 12.6. The highest BCUT2D eigenvalue weighted by Gasteiger charge is 2.24. The maximum absolute atomic E-state index is 12.7. The van der Waals surface area contributed by atoms with Crippen LogP contribution in [-0.2, 0) is 27.6 Å². The molecule has 0 bridgehead atoms. The van der Waals surface area contributed by atoms with Gasteiger partial charge in [0.2, 0.25) is 10.0 Å². The predicted molar refractivity (Wildman–Crippen MR) is 81.3 cm³/mol. The summed E-state index contributed by atoms with van der Waals surface area (Å²) in [5.74, 6) is 0. The molecule has 0 heterocycles. The minimum Gasteiger partial charge on any atom is -0.398 e. The van der Waals surface area contributed by atoms with Crippen molar-refractivity contribution < 1.29 is 13.2 Å². The molecule has 0 saturated carbocycles. The molecule has 0 fully saturated rings. The summed E-state index contributed by atoms with van der Waals surface area (Å²) in [6.07, 6.45) is 1.33. The Morgan fingerprint density at radius 2 is 1.90 bits per heavy atom. The van der Waals surface area contributed by atoms with Gasteiger partial charge in [-0.2, -0.15) is 4.31 Å². The van der Waals surface area contributed by atoms with Gasteiger partial charge >= 0.3 is 0 Å². The number of aryl methyl sites for hydroxylation is 1. The van der Waals surface area contributed by atoms with E-state index in [0.29, 0.717) is 35.7 Å². The summed E-state index contributed by atoms with van der Waals surface area (Å²) in [4.78, 5) is 0.315. The highest BCUT2D eigenvalue weighted by atomic mass is 32.2. The van der Waals surface area contributed by atoms with Crippen molar-refractivity contribution in [3.05, 3.63) is 23.3 Å². The average molecular weight is 300 g/mol. The fourth-order valence-corrected chi connectivity index (χ4v) is 3.57. The van der Waals surface area contributed by atoms with Crippen LogP contribution in [0.5, 0.6) is 0 Å². The van der Waals surface area contributed by atoms with Crippen molar-refractivity contribution in [3.8, 4) is 0 Å². The summed E-state index contributed by atoms with van der Waals surface area (Å²) in [6, 6.07) is 3.58. The minimum absolute atomic E-state index is 0.315. The quantitative estimate of drug-likeness (QED) is 0.777. The minimum atomic E-state index is -3.54. The summed E-state index contributed by atoms with van der Waals surface area (Å²) in [7, 11) is -0.428. The largest absolute Gasteiger partial charge is 0.398 e. The number of methoxy groups -OCH3 is 1. The lowest BCUT2D eigenvalue weighted by Gasteiger charge is -2.20. The molecule has 0 aromatic heterocycles. The van der Waals surface area contributed by atoms with E-state index in [0.717, 1.165) is 12.0 Å². The zero-order valence-corrected chi connectivity index (χ0v) is 13.5. The number of sulfonamides is 1. The first-order valence-corrected chi connectivity index (χ1v) is 8.19. The molecule has 20 heavy (non-hydrogen) atoms. The molecule has 5 nitrogen and oxygen atoms in total. The van der Waals surface area contributed by atoms with Gasteiger partial charge in [0.05, 0.1) is 11.5 Å². The van der Waals surface area contributed by atoms with Crippen molar-refractivity contribution in [3.63, 3.8) is 0 Å². The second-order valence-corrected chi connectivity index (χ2v) is 6.70. The van der Waals surface area contributed by atoms with Crippen LogP contribution >= 0.6 is 0 Å². The summed E-state index contributed by atoms with van der Waals surface area (Å²) in [5.41, 5.74) is 8.16. The van der Waals surface area contributed by atoms with Crippen LogP contribution in [0.25, 0.3) is 0 Å². The number of hydrogen-bond donors (Lipinski definition) is 1. The van der Waals surface area contributed by atoms with E-state index in [1.165, 1.54) is 4.31 Å². The molecular formula is C14H24N2O3S. The first kappa shape index (κ1) is 16.9. The SMILES string of the molecule is CCc1cc(N)c(CC)c(S(=O)(=O)N(C)CCOC)c1. The van der Waals surface area contributed by atoms with Gasteiger partial charge in [-0.05, 0) is 36.1 Å². The standard InChI is InChI=1S/C14H24N2O3S/c1-5-11-9-13(15)12(6-2)14(10-11)20(17,18)16(3)7-8-19-4/h9-10H,5-8,15H2,1-4H3. The van der Waals surface area contributed by atoms with Crippen LogP contribution in [0.1, 0.15) is 25.0 Å². The Labute approximate surface area is 121 Å². The summed E-state index contributed by atoms with van der Waals surface area (Å²) in [5, 5.41) is 0. The fraction of sp³-hybridized carbons (Fsp3) is 0.571. The van der Waals surface area contributed by atoms with Gasteiger partial charge in [0.15, 0.2) is 0 Å². The maximum Gasteiger partial charge on any atom is 0.243 e. The van der Waals surface area contributed by atoms with Crippen molar-refractivity contribution in [1.29, 1.82) is 0 Å². The summed E-state index contributed by atoms with van der Waals surface area (Å²) in [6.45, 7) is 4.56. The van der Waals surface area contributed by atoms with E-state index in [4.69, 9.17) is 10.5 Å². The van der Waals surface area contributed by atoms with Crippen molar-refractivity contribution in [2.45, 2.75) is 31.6 Å². The molecule has 0 amide bonds. The topological polar surface area (TPSA) is 72.6 Å². The number of ether oxygens (including phenoxy) is 1. The number of nitrogen functional groups attached to an aromatic ring is 1. The lowest BCUT2D eigenvalue weighted by Crippen LogP contribution is -2.31. The summed E-state index contributed by atoms with van der Waals surface area (Å²) >= 11 is 0. The molecule has 1 aromatic carbocycles. The van der Waals surface area contributed by atoms with Crippen molar-refractivity contribution in [2.75, 3.05) is 33.0 Å². The Kier molecular flexibility index (Phi) is 5.98. The van der Waals surface area contributed by atoms with Gasteiger partial charge in [-0.1, -0.05) is 13.8 Å². The Bertz CT molecular complexity index is 556. The van der Waals surface area contributed by atoms with E-state index in [2.05, 4.69) is 0 Å². The Morgan fingerprint density at radius 1 is 1.25 bits per heavy atom. The number of nitrogens with two attached hydrogens (primary N) is 1. The second kappa shape index (κ2) is 7.06. The van der Waals surface area contributed by atoms with E-state index >= 15 is 0 Å². The van der Waals surface area contributed by atoms with E-state index in [1.807, 2.05) is 19.9 Å². The third-order valence-corrected chi connectivity index (χ3v) is 5.29. The van der Waals surface area contributed by atoms with E-state index < -0.39 is 10.0 Å². The lowest BCUT2D eigenvalue weighted by atomic mass is 10.1. The van der Waals surface area contributed by atoms with Gasteiger partial charge in [0.1, 0.15) is 0 Å². The number of likely N-dealkylation sites (N-methyl/N-ethyl adjacent to an activating group) is 1. The van der Waals surface area contributed by atoms with Crippen molar-refractivity contribution >= 4 is 15.7 Å². The number of hydrogen-bond acceptors (Lipinski definition) is 4. The van der Waals surface area contributed by atoms with Gasteiger partial charge in [-0.15, -0.1) is 0 Å². The molecular weight excluding hydrogens is 276 g/mol. The monoisotopic (exact) mass is 300 g/mol. The van der Waals surface area contributed by atoms with Crippen molar-refractivity contribution in [2.24, 2.45) is 0 Å². The Hall–Kier alpha value is -1.11. The molecule has 1 rings (SSSR count). The highest BCUT2D eigenvalue weighted by Crippen LogP contribution is 2.27. The first-order chi connectivity index (χ1) is 9.38. The molecule has 0 aliphatic carbocycles. The molecule has 0 unspecified atom stereocenters. The molecule has 114 valence electrons. The fourth-order valence-electron chi connectivity index (χ4n) is 2.05. The first-order valence-electron chi connectivity index (χ1n) is 6.75. The molecule has 0 aliphatic heterocycles. The third kappa shape index (κ3) is 3.50. The highest BCUT2D eigenvalue weighted by molar-refractivity contribution is 7.89. The van der Waals surface area contributed by atoms with Crippen LogP contribution in [0.4, 0.5) is 5.69 Å². The predicted octanol–water partition coefficient (Wildman–Crippen LogP) is 1.66. The molecule has 0 radical (unpaired) electrons. The maximum atomic E-state index is 12.7. The van der Waals surface area contributed by atoms with E-state index in [-0.39, 0.29) is 0 Å². The van der Waals surface area contributed by atoms with Crippen LogP contribution in [0.15, 0.2) is 17.0 Å². The van der Waals surface area contributed by atoms with Crippen molar-refractivity contribution in [1.82, 2.24) is 4.31 Å². The lowest BCUT2D eigenvalue weighted by molar-refractivity contribution is 0.185. The molecule has 0 atom stereocenters. The normalized spacial score (nSPS) is 12.1. The van der Waals surface area contributed by atoms with Gasteiger partial charge in [-0.3, -0.25) is 0 Å². The molecule has 0 spiro atoms.